The van der Waals surface area contributed by atoms with Gasteiger partial charge >= 0.3 is 0 Å². The highest BCUT2D eigenvalue weighted by molar-refractivity contribution is 7.21. The van der Waals surface area contributed by atoms with E-state index in [2.05, 4.69) is 11.9 Å². The average Bonchev–Trinajstić information content (AvgIpc) is 3.28. The van der Waals surface area contributed by atoms with E-state index in [0.29, 0.717) is 38.6 Å². The summed E-state index contributed by atoms with van der Waals surface area (Å²) in [6.07, 6.45) is 7.14. The maximum absolute atomic E-state index is 14.6. The second-order valence-electron chi connectivity index (χ2n) is 10.1. The second-order valence-corrected chi connectivity index (χ2v) is 11.5. The third-order valence-corrected chi connectivity index (χ3v) is 9.64. The number of carbonyl (C=O) groups excluding carboxylic acids is 1. The molecule has 2 heterocycles. The first kappa shape index (κ1) is 26.8. The number of benzene rings is 2. The van der Waals surface area contributed by atoms with Gasteiger partial charge in [-0.15, -0.1) is 11.3 Å². The lowest BCUT2D eigenvalue weighted by Gasteiger charge is -2.33. The number of hydrogen-bond acceptors (Lipinski definition) is 4. The first-order valence-corrected chi connectivity index (χ1v) is 14.3. The molecule has 198 valence electrons. The summed E-state index contributed by atoms with van der Waals surface area (Å²) in [7, 11) is 1.61. The van der Waals surface area contributed by atoms with Crippen molar-refractivity contribution in [2.24, 2.45) is 17.8 Å². The van der Waals surface area contributed by atoms with Gasteiger partial charge in [0.15, 0.2) is 5.78 Å². The number of pyridine rings is 1. The van der Waals surface area contributed by atoms with E-state index in [9.17, 15) is 13.6 Å². The van der Waals surface area contributed by atoms with Crippen LogP contribution in [0.4, 0.5) is 8.78 Å². The summed E-state index contributed by atoms with van der Waals surface area (Å²) in [6, 6.07) is 13.7. The number of rotatable bonds is 8. The molecule has 3 nitrogen and oxygen atoms in total. The number of aromatic nitrogens is 1. The number of halogens is 3. The Morgan fingerprint density at radius 2 is 1.87 bits per heavy atom. The highest BCUT2D eigenvalue weighted by Crippen LogP contribution is 2.43. The van der Waals surface area contributed by atoms with Gasteiger partial charge in [-0.05, 0) is 78.1 Å². The lowest BCUT2D eigenvalue weighted by Crippen LogP contribution is -2.29. The fraction of sp³-hybridized carbons (Fsp3) is 0.355. The zero-order valence-electron chi connectivity index (χ0n) is 21.5. The van der Waals surface area contributed by atoms with Gasteiger partial charge in [0.2, 0.25) is 5.95 Å². The molecule has 38 heavy (non-hydrogen) atoms. The molecule has 4 aromatic rings. The van der Waals surface area contributed by atoms with Crippen molar-refractivity contribution < 1.29 is 18.3 Å². The van der Waals surface area contributed by atoms with E-state index >= 15 is 0 Å². The Balaban J connectivity index is 1.55. The van der Waals surface area contributed by atoms with Gasteiger partial charge in [-0.3, -0.25) is 4.79 Å². The Morgan fingerprint density at radius 3 is 2.55 bits per heavy atom. The Kier molecular flexibility index (Phi) is 8.10. The van der Waals surface area contributed by atoms with Crippen LogP contribution in [-0.2, 0) is 6.42 Å². The highest BCUT2D eigenvalue weighted by Gasteiger charge is 2.35. The molecule has 0 N–H and O–H groups in total. The van der Waals surface area contributed by atoms with Crippen LogP contribution in [0, 0.1) is 29.5 Å². The van der Waals surface area contributed by atoms with E-state index in [4.69, 9.17) is 16.3 Å². The van der Waals surface area contributed by atoms with Crippen LogP contribution in [0.2, 0.25) is 5.02 Å². The van der Waals surface area contributed by atoms with Crippen LogP contribution in [0.25, 0.3) is 21.2 Å². The Bertz CT molecular complexity index is 1460. The van der Waals surface area contributed by atoms with Gasteiger partial charge < -0.3 is 4.74 Å². The molecule has 1 atom stereocenters. The van der Waals surface area contributed by atoms with Crippen LogP contribution < -0.4 is 4.74 Å². The SMILES string of the molecule is CCC1CCC(C(Cc2cc(-c3ccnc(F)c3)ccc2OC)C(=O)c2sc3cccc(F)c3c2Cl)CC1. The molecule has 0 amide bonds. The quantitative estimate of drug-likeness (QED) is 0.161. The van der Waals surface area contributed by atoms with E-state index < -0.39 is 11.8 Å². The first-order valence-electron chi connectivity index (χ1n) is 13.1. The Labute approximate surface area is 230 Å². The van der Waals surface area contributed by atoms with Crippen LogP contribution in [0.5, 0.6) is 5.75 Å². The molecule has 7 heteroatoms. The highest BCUT2D eigenvalue weighted by atomic mass is 35.5. The fourth-order valence-electron chi connectivity index (χ4n) is 5.81. The number of carbonyl (C=O) groups is 1. The fourth-order valence-corrected chi connectivity index (χ4v) is 7.38. The molecule has 0 radical (unpaired) electrons. The monoisotopic (exact) mass is 553 g/mol. The van der Waals surface area contributed by atoms with Gasteiger partial charge in [0.05, 0.1) is 17.0 Å². The number of nitrogens with zero attached hydrogens (tertiary/aromatic N) is 1. The Hall–Kier alpha value is -2.83. The van der Waals surface area contributed by atoms with Gasteiger partial charge in [-0.1, -0.05) is 49.9 Å². The largest absolute Gasteiger partial charge is 0.496 e. The number of ether oxygens (including phenoxy) is 1. The van der Waals surface area contributed by atoms with E-state index in [1.165, 1.54) is 29.7 Å². The van der Waals surface area contributed by atoms with Gasteiger partial charge in [0.1, 0.15) is 11.6 Å². The summed E-state index contributed by atoms with van der Waals surface area (Å²) in [5.74, 6) is 0.204. The number of thiophene rings is 1. The minimum absolute atomic E-state index is 0.0436. The van der Waals surface area contributed by atoms with Crippen LogP contribution in [-0.4, -0.2) is 17.9 Å². The summed E-state index contributed by atoms with van der Waals surface area (Å²) in [5.41, 5.74) is 2.40. The van der Waals surface area contributed by atoms with E-state index in [1.54, 1.807) is 25.3 Å². The number of hydrogen-bond donors (Lipinski definition) is 0. The zero-order chi connectivity index (χ0) is 26.8. The summed E-state index contributed by atoms with van der Waals surface area (Å²) >= 11 is 7.92. The topological polar surface area (TPSA) is 39.2 Å². The van der Waals surface area contributed by atoms with Crippen LogP contribution in [0.15, 0.2) is 54.7 Å². The molecule has 1 aliphatic carbocycles. The summed E-state index contributed by atoms with van der Waals surface area (Å²) in [4.78, 5) is 18.3. The van der Waals surface area contributed by atoms with E-state index in [1.807, 2.05) is 18.2 Å². The standard InChI is InChI=1S/C31H30ClF2NO2S/c1-3-18-7-9-19(10-8-18)23(30(36)31-29(32)28-24(33)5-4-6-26(28)38-31)16-22-15-20(11-12-25(22)37-2)21-13-14-35-27(34)17-21/h4-6,11-15,17-19,23H,3,7-10,16H2,1-2H3. The molecule has 0 spiro atoms. The van der Waals surface area contributed by atoms with Crippen molar-refractivity contribution in [3.8, 4) is 16.9 Å². The van der Waals surface area contributed by atoms with E-state index in [-0.39, 0.29) is 22.6 Å². The molecule has 1 fully saturated rings. The molecular formula is C31H30ClF2NO2S. The zero-order valence-corrected chi connectivity index (χ0v) is 23.0. The lowest BCUT2D eigenvalue weighted by molar-refractivity contribution is 0.0831. The molecule has 1 saturated carbocycles. The van der Waals surface area contributed by atoms with Crippen molar-refractivity contribution >= 4 is 38.8 Å². The third kappa shape index (κ3) is 5.34. The average molecular weight is 554 g/mol. The molecule has 5 rings (SSSR count). The summed E-state index contributed by atoms with van der Waals surface area (Å²) < 4.78 is 34.8. The molecule has 1 aliphatic rings. The number of methoxy groups -OCH3 is 1. The molecule has 1 unspecified atom stereocenters. The minimum Gasteiger partial charge on any atom is -0.496 e. The van der Waals surface area contributed by atoms with Gasteiger partial charge in [-0.2, -0.15) is 4.39 Å². The molecule has 2 aromatic heterocycles. The van der Waals surface area contributed by atoms with E-state index in [0.717, 1.165) is 43.2 Å². The van der Waals surface area contributed by atoms with Crippen LogP contribution in [0.3, 0.4) is 0 Å². The van der Waals surface area contributed by atoms with Crippen molar-refractivity contribution in [1.82, 2.24) is 4.98 Å². The van der Waals surface area contributed by atoms with Crippen LogP contribution >= 0.6 is 22.9 Å². The van der Waals surface area contributed by atoms with Gasteiger partial charge in [0, 0.05) is 28.3 Å². The maximum atomic E-state index is 14.6. The smallest absolute Gasteiger partial charge is 0.213 e. The maximum Gasteiger partial charge on any atom is 0.213 e. The van der Waals surface area contributed by atoms with Crippen LogP contribution in [0.1, 0.15) is 54.3 Å². The van der Waals surface area contributed by atoms with Crippen molar-refractivity contribution in [1.29, 1.82) is 0 Å². The van der Waals surface area contributed by atoms with Crippen molar-refractivity contribution in [3.05, 3.63) is 82.0 Å². The first-order chi connectivity index (χ1) is 18.4. The predicted octanol–water partition coefficient (Wildman–Crippen LogP) is 9.16. The number of ketones is 1. The van der Waals surface area contributed by atoms with Crippen molar-refractivity contribution in [2.45, 2.75) is 45.4 Å². The van der Waals surface area contributed by atoms with Crippen molar-refractivity contribution in [3.63, 3.8) is 0 Å². The summed E-state index contributed by atoms with van der Waals surface area (Å²) in [6.45, 7) is 2.22. The predicted molar refractivity (Wildman–Crippen MR) is 150 cm³/mol. The number of fused-ring (bicyclic) bond motifs is 1. The second kappa shape index (κ2) is 11.5. The van der Waals surface area contributed by atoms with Gasteiger partial charge in [0.25, 0.3) is 0 Å². The molecule has 0 saturated heterocycles. The molecular weight excluding hydrogens is 524 g/mol. The lowest BCUT2D eigenvalue weighted by atomic mass is 9.71. The molecule has 0 bridgehead atoms. The third-order valence-electron chi connectivity index (χ3n) is 7.98. The molecule has 2 aromatic carbocycles. The molecule has 0 aliphatic heterocycles. The summed E-state index contributed by atoms with van der Waals surface area (Å²) in [5, 5.41) is 0.517. The van der Waals surface area contributed by atoms with Gasteiger partial charge in [-0.25, -0.2) is 9.37 Å². The number of Topliss-reactive ketones (excluding diaryl/α,β-unsaturated/α-hetero) is 1. The minimum atomic E-state index is -0.549. The normalized spacial score (nSPS) is 18.4. The van der Waals surface area contributed by atoms with Crippen molar-refractivity contribution in [2.75, 3.05) is 7.11 Å². The Morgan fingerprint density at radius 1 is 1.11 bits per heavy atom.